The highest BCUT2D eigenvalue weighted by Crippen LogP contribution is 2.04. The normalized spacial score (nSPS) is 23.7. The maximum Gasteiger partial charge on any atom is 0.251 e. The van der Waals surface area contributed by atoms with Crippen molar-refractivity contribution in [3.63, 3.8) is 0 Å². The number of carbonyl (C=O) groups is 1. The summed E-state index contributed by atoms with van der Waals surface area (Å²) in [6.45, 7) is 5.82. The minimum atomic E-state index is -0.178. The maximum absolute atomic E-state index is 11.2. The van der Waals surface area contributed by atoms with E-state index >= 15 is 0 Å². The highest BCUT2D eigenvalue weighted by Gasteiger charge is 2.30. The Morgan fingerprint density at radius 3 is 2.91 bits per heavy atom. The van der Waals surface area contributed by atoms with Gasteiger partial charge in [-0.25, -0.2) is 0 Å². The molecule has 1 saturated heterocycles. The van der Waals surface area contributed by atoms with Crippen molar-refractivity contribution in [2.75, 3.05) is 6.54 Å². The first kappa shape index (κ1) is 8.20. The molecule has 4 heteroatoms. The highest BCUT2D eigenvalue weighted by atomic mass is 32.1. The second kappa shape index (κ2) is 3.00. The van der Waals surface area contributed by atoms with Crippen LogP contribution in [-0.4, -0.2) is 28.5 Å². The molecule has 0 radical (unpaired) electrons. The number of nitrogens with one attached hydrogen (secondary N) is 1. The molecule has 60 valence electrons. The molecule has 1 N–H and O–H groups in total. The summed E-state index contributed by atoms with van der Waals surface area (Å²) in [4.78, 5) is 12.7. The number of carbonyl (C=O) groups excluding carboxylic acids is 1. The molecule has 0 aliphatic carbocycles. The Kier molecular flexibility index (Phi) is 2.24. The lowest BCUT2D eigenvalue weighted by Gasteiger charge is -2.10. The van der Waals surface area contributed by atoms with Crippen LogP contribution in [-0.2, 0) is 4.79 Å². The summed E-state index contributed by atoms with van der Waals surface area (Å²) >= 11 is 4.91. The highest BCUT2D eigenvalue weighted by molar-refractivity contribution is 7.80. The second-order valence-electron chi connectivity index (χ2n) is 2.41. The number of rotatable bonds is 2. The molecule has 1 heterocycles. The summed E-state index contributed by atoms with van der Waals surface area (Å²) in [5.74, 6) is 0.0231. The van der Waals surface area contributed by atoms with Gasteiger partial charge in [0.1, 0.15) is 6.04 Å². The van der Waals surface area contributed by atoms with Gasteiger partial charge in [-0.05, 0) is 19.1 Å². The molecule has 1 aliphatic rings. The van der Waals surface area contributed by atoms with Crippen LogP contribution in [0.5, 0.6) is 0 Å². The lowest BCUT2D eigenvalue weighted by atomic mass is 10.3. The largest absolute Gasteiger partial charge is 0.351 e. The van der Waals surface area contributed by atoms with Crippen LogP contribution >= 0.6 is 12.2 Å². The number of nitrogens with zero attached hydrogens (tertiary/aromatic N) is 1. The number of hydrogen-bond acceptors (Lipinski definition) is 2. The van der Waals surface area contributed by atoms with E-state index in [9.17, 15) is 4.79 Å². The lowest BCUT2D eigenvalue weighted by molar-refractivity contribution is -0.126. The van der Waals surface area contributed by atoms with Gasteiger partial charge in [0.25, 0.3) is 5.91 Å². The Morgan fingerprint density at radius 1 is 1.91 bits per heavy atom. The first-order chi connectivity index (χ1) is 5.16. The van der Waals surface area contributed by atoms with Gasteiger partial charge in [-0.2, -0.15) is 0 Å². The third-order valence-electron chi connectivity index (χ3n) is 1.53. The SMILES string of the molecule is C=CCN1C(=O)[C@@H](C)NC1=S. The molecule has 1 fully saturated rings. The average Bonchev–Trinajstić information content (AvgIpc) is 2.17. The summed E-state index contributed by atoms with van der Waals surface area (Å²) < 4.78 is 0. The zero-order chi connectivity index (χ0) is 8.43. The van der Waals surface area contributed by atoms with Crippen LogP contribution in [0.4, 0.5) is 0 Å². The van der Waals surface area contributed by atoms with Gasteiger partial charge in [-0.3, -0.25) is 9.69 Å². The molecule has 0 spiro atoms. The van der Waals surface area contributed by atoms with Gasteiger partial charge in [0.15, 0.2) is 5.11 Å². The Bertz CT molecular complexity index is 214. The van der Waals surface area contributed by atoms with Gasteiger partial charge in [0, 0.05) is 6.54 Å². The summed E-state index contributed by atoms with van der Waals surface area (Å²) in [5.41, 5.74) is 0. The van der Waals surface area contributed by atoms with Crippen LogP contribution in [0.1, 0.15) is 6.92 Å². The van der Waals surface area contributed by atoms with Gasteiger partial charge < -0.3 is 5.32 Å². The zero-order valence-electron chi connectivity index (χ0n) is 6.33. The van der Waals surface area contributed by atoms with Crippen molar-refractivity contribution in [3.05, 3.63) is 12.7 Å². The van der Waals surface area contributed by atoms with Crippen molar-refractivity contribution in [2.45, 2.75) is 13.0 Å². The zero-order valence-corrected chi connectivity index (χ0v) is 7.15. The third-order valence-corrected chi connectivity index (χ3v) is 1.87. The van der Waals surface area contributed by atoms with Crippen molar-refractivity contribution in [1.82, 2.24) is 10.2 Å². The molecule has 0 unspecified atom stereocenters. The standard InChI is InChI=1S/C7H10N2OS/c1-3-4-9-6(10)5(2)8-7(9)11/h3,5H,1,4H2,2H3,(H,8,11)/t5-/m1/s1. The van der Waals surface area contributed by atoms with E-state index in [1.807, 2.05) is 0 Å². The molecular weight excluding hydrogens is 160 g/mol. The predicted octanol–water partition coefficient (Wildman–Crippen LogP) is 0.278. The van der Waals surface area contributed by atoms with Crippen molar-refractivity contribution in [2.24, 2.45) is 0 Å². The van der Waals surface area contributed by atoms with Crippen LogP contribution in [0.15, 0.2) is 12.7 Å². The fourth-order valence-corrected chi connectivity index (χ4v) is 1.30. The number of thiocarbonyl (C=S) groups is 1. The predicted molar refractivity (Wildman–Crippen MR) is 47.1 cm³/mol. The number of amides is 1. The van der Waals surface area contributed by atoms with Gasteiger partial charge in [0.05, 0.1) is 0 Å². The van der Waals surface area contributed by atoms with Crippen molar-refractivity contribution in [1.29, 1.82) is 0 Å². The van der Waals surface area contributed by atoms with E-state index in [0.29, 0.717) is 11.7 Å². The van der Waals surface area contributed by atoms with E-state index in [-0.39, 0.29) is 11.9 Å². The Balaban J connectivity index is 2.71. The maximum atomic E-state index is 11.2. The Labute approximate surface area is 71.1 Å². The van der Waals surface area contributed by atoms with E-state index in [2.05, 4.69) is 11.9 Å². The molecule has 3 nitrogen and oxygen atoms in total. The van der Waals surface area contributed by atoms with Gasteiger partial charge in [0.2, 0.25) is 0 Å². The quantitative estimate of drug-likeness (QED) is 0.477. The molecule has 0 saturated carbocycles. The van der Waals surface area contributed by atoms with Crippen LogP contribution < -0.4 is 5.32 Å². The van der Waals surface area contributed by atoms with E-state index in [1.54, 1.807) is 13.0 Å². The van der Waals surface area contributed by atoms with Gasteiger partial charge in [-0.15, -0.1) is 6.58 Å². The van der Waals surface area contributed by atoms with E-state index in [4.69, 9.17) is 12.2 Å². The summed E-state index contributed by atoms with van der Waals surface area (Å²) in [7, 11) is 0. The molecule has 1 rings (SSSR count). The second-order valence-corrected chi connectivity index (χ2v) is 2.80. The van der Waals surface area contributed by atoms with Gasteiger partial charge in [-0.1, -0.05) is 6.08 Å². The van der Waals surface area contributed by atoms with Crippen LogP contribution in [0.2, 0.25) is 0 Å². The molecule has 0 bridgehead atoms. The number of hydrogen-bond donors (Lipinski definition) is 1. The third kappa shape index (κ3) is 1.40. The lowest BCUT2D eigenvalue weighted by Crippen LogP contribution is -2.30. The molecule has 0 aromatic heterocycles. The summed E-state index contributed by atoms with van der Waals surface area (Å²) in [6, 6.07) is -0.178. The van der Waals surface area contributed by atoms with Crippen LogP contribution in [0.25, 0.3) is 0 Å². The van der Waals surface area contributed by atoms with E-state index < -0.39 is 0 Å². The minimum absolute atomic E-state index is 0.0231. The van der Waals surface area contributed by atoms with Crippen LogP contribution in [0, 0.1) is 0 Å². The minimum Gasteiger partial charge on any atom is -0.351 e. The molecule has 0 aromatic rings. The molecule has 1 atom stereocenters. The molecular formula is C7H10N2OS. The van der Waals surface area contributed by atoms with Crippen molar-refractivity contribution >= 4 is 23.2 Å². The Morgan fingerprint density at radius 2 is 2.55 bits per heavy atom. The molecule has 1 amide bonds. The topological polar surface area (TPSA) is 32.3 Å². The fourth-order valence-electron chi connectivity index (χ4n) is 0.961. The first-order valence-corrected chi connectivity index (χ1v) is 3.80. The molecule has 0 aromatic carbocycles. The van der Waals surface area contributed by atoms with Crippen molar-refractivity contribution < 1.29 is 4.79 Å². The van der Waals surface area contributed by atoms with Gasteiger partial charge >= 0.3 is 0 Å². The fraction of sp³-hybridized carbons (Fsp3) is 0.429. The molecule has 11 heavy (non-hydrogen) atoms. The van der Waals surface area contributed by atoms with Crippen LogP contribution in [0.3, 0.4) is 0 Å². The monoisotopic (exact) mass is 170 g/mol. The average molecular weight is 170 g/mol. The smallest absolute Gasteiger partial charge is 0.251 e. The first-order valence-electron chi connectivity index (χ1n) is 3.39. The van der Waals surface area contributed by atoms with E-state index in [0.717, 1.165) is 0 Å². The van der Waals surface area contributed by atoms with E-state index in [1.165, 1.54) is 4.90 Å². The summed E-state index contributed by atoms with van der Waals surface area (Å²) in [5, 5.41) is 3.36. The Hall–Kier alpha value is -0.900. The van der Waals surface area contributed by atoms with Crippen molar-refractivity contribution in [3.8, 4) is 0 Å². The summed E-state index contributed by atoms with van der Waals surface area (Å²) in [6.07, 6.45) is 1.66. The molecule has 1 aliphatic heterocycles.